The van der Waals surface area contributed by atoms with Crippen molar-refractivity contribution >= 4 is 32.6 Å². The molecule has 44 heavy (non-hydrogen) atoms. The summed E-state index contributed by atoms with van der Waals surface area (Å²) in [5.74, 6) is -0.475. The van der Waals surface area contributed by atoms with E-state index < -0.39 is 15.7 Å². The quantitative estimate of drug-likeness (QED) is 0.170. The summed E-state index contributed by atoms with van der Waals surface area (Å²) in [5.41, 5.74) is -1.03. The number of hydrogen-bond acceptors (Lipinski definition) is 6. The molecule has 4 rings (SSSR count). The molecule has 0 bridgehead atoms. The van der Waals surface area contributed by atoms with Crippen molar-refractivity contribution in [1.82, 2.24) is 20.3 Å². The SMILES string of the molecule is CC(C)CN(C(O)(CCNC(=O)CC(C)CNC(=O)CNC1CC1)Cc1ccccc1)S(=O)(=O)c1ccc2ccccc2c1. The topological polar surface area (TPSA) is 128 Å². The number of amides is 2. The lowest BCUT2D eigenvalue weighted by Crippen LogP contribution is -2.55. The van der Waals surface area contributed by atoms with Crippen molar-refractivity contribution in [3.05, 3.63) is 78.4 Å². The first-order valence-corrected chi connectivity index (χ1v) is 16.9. The molecule has 2 atom stereocenters. The number of rotatable bonds is 17. The Morgan fingerprint density at radius 1 is 0.932 bits per heavy atom. The van der Waals surface area contributed by atoms with E-state index in [1.807, 2.05) is 75.4 Å². The number of benzene rings is 3. The average molecular weight is 623 g/mol. The fourth-order valence-electron chi connectivity index (χ4n) is 5.24. The van der Waals surface area contributed by atoms with Crippen LogP contribution in [-0.4, -0.2) is 67.6 Å². The van der Waals surface area contributed by atoms with Crippen LogP contribution >= 0.6 is 0 Å². The van der Waals surface area contributed by atoms with E-state index in [4.69, 9.17) is 0 Å². The van der Waals surface area contributed by atoms with Gasteiger partial charge in [0.05, 0.1) is 11.4 Å². The van der Waals surface area contributed by atoms with Gasteiger partial charge in [0.2, 0.25) is 21.8 Å². The second-order valence-corrected chi connectivity index (χ2v) is 14.3. The Morgan fingerprint density at radius 2 is 1.61 bits per heavy atom. The average Bonchev–Trinajstić information content (AvgIpc) is 3.82. The summed E-state index contributed by atoms with van der Waals surface area (Å²) in [6.07, 6.45) is 2.45. The lowest BCUT2D eigenvalue weighted by Gasteiger charge is -2.40. The van der Waals surface area contributed by atoms with Crippen LogP contribution in [0, 0.1) is 11.8 Å². The molecule has 238 valence electrons. The summed E-state index contributed by atoms with van der Waals surface area (Å²) >= 11 is 0. The van der Waals surface area contributed by atoms with Crippen LogP contribution < -0.4 is 16.0 Å². The van der Waals surface area contributed by atoms with Gasteiger partial charge in [0.25, 0.3) is 0 Å². The van der Waals surface area contributed by atoms with Gasteiger partial charge in [0, 0.05) is 44.9 Å². The van der Waals surface area contributed by atoms with Gasteiger partial charge >= 0.3 is 0 Å². The van der Waals surface area contributed by atoms with Gasteiger partial charge in [-0.05, 0) is 53.1 Å². The minimum atomic E-state index is -4.13. The van der Waals surface area contributed by atoms with Gasteiger partial charge in [0.1, 0.15) is 5.72 Å². The molecule has 1 fully saturated rings. The highest BCUT2D eigenvalue weighted by Gasteiger charge is 2.43. The zero-order chi connectivity index (χ0) is 31.7. The molecule has 0 radical (unpaired) electrons. The maximum Gasteiger partial charge on any atom is 0.245 e. The summed E-state index contributed by atoms with van der Waals surface area (Å²) < 4.78 is 29.7. The van der Waals surface area contributed by atoms with Gasteiger partial charge < -0.3 is 21.1 Å². The normalized spacial score (nSPS) is 15.7. The van der Waals surface area contributed by atoms with Crippen molar-refractivity contribution in [3.63, 3.8) is 0 Å². The highest BCUT2D eigenvalue weighted by molar-refractivity contribution is 7.89. The Bertz CT molecular complexity index is 1510. The number of carbonyl (C=O) groups excluding carboxylic acids is 2. The van der Waals surface area contributed by atoms with E-state index in [0.29, 0.717) is 12.6 Å². The summed E-state index contributed by atoms with van der Waals surface area (Å²) in [6.45, 7) is 6.54. The van der Waals surface area contributed by atoms with Gasteiger partial charge in [-0.2, -0.15) is 4.31 Å². The number of carbonyl (C=O) groups is 2. The number of sulfonamides is 1. The Morgan fingerprint density at radius 3 is 2.30 bits per heavy atom. The minimum Gasteiger partial charge on any atom is -0.374 e. The van der Waals surface area contributed by atoms with E-state index in [9.17, 15) is 23.1 Å². The van der Waals surface area contributed by atoms with E-state index in [0.717, 1.165) is 29.2 Å². The fraction of sp³-hybridized carbons (Fsp3) is 0.471. The first-order valence-electron chi connectivity index (χ1n) is 15.5. The second kappa shape index (κ2) is 15.1. The van der Waals surface area contributed by atoms with Gasteiger partial charge in [0.15, 0.2) is 0 Å². The van der Waals surface area contributed by atoms with Gasteiger partial charge in [-0.15, -0.1) is 0 Å². The third kappa shape index (κ3) is 9.59. The molecule has 1 saturated carbocycles. The number of nitrogens with one attached hydrogen (secondary N) is 3. The van der Waals surface area contributed by atoms with E-state index in [1.54, 1.807) is 18.2 Å². The van der Waals surface area contributed by atoms with Crippen molar-refractivity contribution in [1.29, 1.82) is 0 Å². The van der Waals surface area contributed by atoms with Crippen molar-refractivity contribution in [2.45, 2.75) is 69.5 Å². The minimum absolute atomic E-state index is 0.00881. The highest BCUT2D eigenvalue weighted by Crippen LogP contribution is 2.31. The number of nitrogens with zero attached hydrogens (tertiary/aromatic N) is 1. The first kappa shape index (κ1) is 33.6. The zero-order valence-corrected chi connectivity index (χ0v) is 26.8. The maximum absolute atomic E-state index is 14.2. The molecule has 4 N–H and O–H groups in total. The third-order valence-electron chi connectivity index (χ3n) is 7.79. The molecule has 1 aliphatic carbocycles. The molecule has 0 spiro atoms. The van der Waals surface area contributed by atoms with Gasteiger partial charge in [-0.3, -0.25) is 9.59 Å². The Hall–Kier alpha value is -3.31. The molecule has 9 nitrogen and oxygen atoms in total. The van der Waals surface area contributed by atoms with Crippen molar-refractivity contribution < 1.29 is 23.1 Å². The predicted octanol–water partition coefficient (Wildman–Crippen LogP) is 3.82. The van der Waals surface area contributed by atoms with E-state index in [1.165, 1.54) is 4.31 Å². The molecule has 10 heteroatoms. The second-order valence-electron chi connectivity index (χ2n) is 12.5. The van der Waals surface area contributed by atoms with Crippen LogP contribution in [0.15, 0.2) is 77.7 Å². The molecule has 1 aliphatic rings. The molecule has 2 unspecified atom stereocenters. The van der Waals surface area contributed by atoms with Crippen molar-refractivity contribution in [2.24, 2.45) is 11.8 Å². The van der Waals surface area contributed by atoms with E-state index >= 15 is 0 Å². The Labute approximate surface area is 261 Å². The summed E-state index contributed by atoms with van der Waals surface area (Å²) in [6, 6.07) is 22.3. The third-order valence-corrected chi connectivity index (χ3v) is 9.71. The van der Waals surface area contributed by atoms with Gasteiger partial charge in [-0.25, -0.2) is 8.42 Å². The maximum atomic E-state index is 14.2. The van der Waals surface area contributed by atoms with Crippen molar-refractivity contribution in [3.8, 4) is 0 Å². The lowest BCUT2D eigenvalue weighted by molar-refractivity contribution is -0.124. The summed E-state index contributed by atoms with van der Waals surface area (Å²) in [7, 11) is -4.13. The van der Waals surface area contributed by atoms with Crippen LogP contribution in [0.2, 0.25) is 0 Å². The summed E-state index contributed by atoms with van der Waals surface area (Å²) in [4.78, 5) is 24.9. The molecule has 2 amide bonds. The monoisotopic (exact) mass is 622 g/mol. The molecule has 0 aromatic heterocycles. The van der Waals surface area contributed by atoms with E-state index in [2.05, 4.69) is 16.0 Å². The van der Waals surface area contributed by atoms with E-state index in [-0.39, 0.29) is 67.4 Å². The molecule has 0 heterocycles. The van der Waals surface area contributed by atoms with Crippen molar-refractivity contribution in [2.75, 3.05) is 26.2 Å². The van der Waals surface area contributed by atoms with Gasteiger partial charge in [-0.1, -0.05) is 81.4 Å². The first-order chi connectivity index (χ1) is 21.0. The predicted molar refractivity (Wildman–Crippen MR) is 173 cm³/mol. The number of hydrogen-bond donors (Lipinski definition) is 4. The molecule has 0 aliphatic heterocycles. The standard InChI is InChI=1S/C34H46N4O5S/c1-25(2)24-38(44(42,43)31-16-13-28-11-7-8-12-29(28)20-31)34(41,21-27-9-5-4-6-10-27)17-18-35-32(39)19-26(3)22-37-33(40)23-36-30-14-15-30/h4-13,16,20,25-26,30,36,41H,14-15,17-19,21-24H2,1-3H3,(H,35,39)(H,37,40). The van der Waals surface area contributed by atoms with Crippen LogP contribution in [0.4, 0.5) is 0 Å². The molecular formula is C34H46N4O5S. The zero-order valence-electron chi connectivity index (χ0n) is 26.0. The molecule has 3 aromatic rings. The Kier molecular flexibility index (Phi) is 11.5. The fourth-order valence-corrected chi connectivity index (χ4v) is 7.11. The molecule has 0 saturated heterocycles. The van der Waals surface area contributed by atoms with Crippen LogP contribution in [0.25, 0.3) is 10.8 Å². The van der Waals surface area contributed by atoms with Crippen LogP contribution in [-0.2, 0) is 26.0 Å². The Balaban J connectivity index is 1.47. The number of fused-ring (bicyclic) bond motifs is 1. The van der Waals surface area contributed by atoms with Crippen LogP contribution in [0.5, 0.6) is 0 Å². The smallest absolute Gasteiger partial charge is 0.245 e. The number of aliphatic hydroxyl groups is 1. The highest BCUT2D eigenvalue weighted by atomic mass is 32.2. The lowest BCUT2D eigenvalue weighted by atomic mass is 9.98. The molecule has 3 aromatic carbocycles. The largest absolute Gasteiger partial charge is 0.374 e. The summed E-state index contributed by atoms with van der Waals surface area (Å²) in [5, 5.41) is 22.9. The molecular weight excluding hydrogens is 576 g/mol. The van der Waals surface area contributed by atoms with Crippen LogP contribution in [0.3, 0.4) is 0 Å². The van der Waals surface area contributed by atoms with Crippen LogP contribution in [0.1, 0.15) is 52.0 Å².